The molecule has 0 amide bonds. The number of benzene rings is 1. The van der Waals surface area contributed by atoms with Gasteiger partial charge in [-0.1, -0.05) is 0 Å². The summed E-state index contributed by atoms with van der Waals surface area (Å²) < 4.78 is 39.8. The molecule has 96 valence electrons. The quantitative estimate of drug-likeness (QED) is 0.769. The monoisotopic (exact) mass is 335 g/mol. The van der Waals surface area contributed by atoms with Crippen molar-refractivity contribution in [1.82, 2.24) is 0 Å². The second kappa shape index (κ2) is 5.32. The molecule has 1 N–H and O–H groups in total. The first-order valence-corrected chi connectivity index (χ1v) is 6.74. The Bertz CT molecular complexity index is 547. The van der Waals surface area contributed by atoms with E-state index >= 15 is 0 Å². The molecule has 0 aliphatic carbocycles. The predicted octanol–water partition coefficient (Wildman–Crippen LogP) is 5.10. The number of rotatable bonds is 3. The highest BCUT2D eigenvalue weighted by Gasteiger charge is 2.13. The molecule has 0 fully saturated rings. The van der Waals surface area contributed by atoms with Crippen LogP contribution >= 0.6 is 27.3 Å². The Morgan fingerprint density at radius 2 is 1.78 bits per heavy atom. The maximum Gasteiger partial charge on any atom is 0.194 e. The van der Waals surface area contributed by atoms with Crippen LogP contribution in [0.25, 0.3) is 0 Å². The van der Waals surface area contributed by atoms with Crippen LogP contribution in [0.2, 0.25) is 0 Å². The molecular weight excluding hydrogens is 327 g/mol. The summed E-state index contributed by atoms with van der Waals surface area (Å²) >= 11 is 4.86. The van der Waals surface area contributed by atoms with Crippen molar-refractivity contribution in [1.29, 1.82) is 0 Å². The Labute approximate surface area is 115 Å². The number of halogens is 4. The average molecular weight is 336 g/mol. The summed E-state index contributed by atoms with van der Waals surface area (Å²) in [4.78, 5) is 1.01. The second-order valence-electron chi connectivity index (χ2n) is 3.76. The number of anilines is 1. The highest BCUT2D eigenvalue weighted by Crippen LogP contribution is 2.29. The third-order valence-electron chi connectivity index (χ3n) is 2.39. The van der Waals surface area contributed by atoms with Crippen molar-refractivity contribution in [3.8, 4) is 0 Å². The van der Waals surface area contributed by atoms with E-state index in [1.54, 1.807) is 0 Å². The largest absolute Gasteiger partial charge is 0.378 e. The summed E-state index contributed by atoms with van der Waals surface area (Å²) in [5.41, 5.74) is 0.212. The van der Waals surface area contributed by atoms with E-state index in [0.717, 1.165) is 20.8 Å². The van der Waals surface area contributed by atoms with Gasteiger partial charge in [-0.05, 0) is 35.0 Å². The second-order valence-corrected chi connectivity index (χ2v) is 6.26. The van der Waals surface area contributed by atoms with Crippen LogP contribution in [0, 0.1) is 17.5 Å². The summed E-state index contributed by atoms with van der Waals surface area (Å²) in [6.45, 7) is 1.86. The average Bonchev–Trinajstić information content (AvgIpc) is 2.72. The number of hydrogen-bond acceptors (Lipinski definition) is 2. The number of hydrogen-bond donors (Lipinski definition) is 1. The lowest BCUT2D eigenvalue weighted by Gasteiger charge is -2.14. The number of thiophene rings is 1. The molecule has 0 spiro atoms. The lowest BCUT2D eigenvalue weighted by atomic mass is 10.2. The predicted molar refractivity (Wildman–Crippen MR) is 70.4 cm³/mol. The molecule has 0 aliphatic rings. The zero-order valence-electron chi connectivity index (χ0n) is 9.31. The van der Waals surface area contributed by atoms with Crippen molar-refractivity contribution in [2.75, 3.05) is 5.32 Å². The summed E-state index contributed by atoms with van der Waals surface area (Å²) in [5.74, 6) is -3.85. The lowest BCUT2D eigenvalue weighted by Crippen LogP contribution is -2.06. The Morgan fingerprint density at radius 3 is 2.28 bits per heavy atom. The van der Waals surface area contributed by atoms with Crippen molar-refractivity contribution in [2.45, 2.75) is 13.0 Å². The molecule has 6 heteroatoms. The van der Waals surface area contributed by atoms with Gasteiger partial charge >= 0.3 is 0 Å². The Balaban J connectivity index is 2.19. The third kappa shape index (κ3) is 2.87. The number of nitrogens with one attached hydrogen (secondary N) is 1. The van der Waals surface area contributed by atoms with Gasteiger partial charge in [0.15, 0.2) is 17.5 Å². The molecule has 2 rings (SSSR count). The normalized spacial score (nSPS) is 12.5. The Morgan fingerprint density at radius 1 is 1.17 bits per heavy atom. The smallest absolute Gasteiger partial charge is 0.194 e. The Hall–Kier alpha value is -1.01. The molecule has 1 aromatic heterocycles. The van der Waals surface area contributed by atoms with Gasteiger partial charge in [-0.25, -0.2) is 13.2 Å². The maximum atomic E-state index is 13.0. The standard InChI is InChI=1S/C12H9BrF3NS/c1-6(10-2-3-11(13)18-10)17-7-4-8(14)12(16)9(15)5-7/h2-6,17H,1H3. The van der Waals surface area contributed by atoms with Crippen LogP contribution in [-0.2, 0) is 0 Å². The summed E-state index contributed by atoms with van der Waals surface area (Å²) in [6, 6.07) is 5.56. The van der Waals surface area contributed by atoms with E-state index in [2.05, 4.69) is 21.2 Å². The maximum absolute atomic E-state index is 13.0. The van der Waals surface area contributed by atoms with E-state index < -0.39 is 17.5 Å². The van der Waals surface area contributed by atoms with Crippen LogP contribution in [0.15, 0.2) is 28.1 Å². The van der Waals surface area contributed by atoms with Crippen molar-refractivity contribution in [2.24, 2.45) is 0 Å². The molecule has 18 heavy (non-hydrogen) atoms. The van der Waals surface area contributed by atoms with E-state index in [1.807, 2.05) is 19.1 Å². The van der Waals surface area contributed by atoms with Crippen LogP contribution < -0.4 is 5.32 Å². The van der Waals surface area contributed by atoms with Gasteiger partial charge in [-0.15, -0.1) is 11.3 Å². The lowest BCUT2D eigenvalue weighted by molar-refractivity contribution is 0.447. The molecule has 0 radical (unpaired) electrons. The van der Waals surface area contributed by atoms with Gasteiger partial charge in [0.05, 0.1) is 9.83 Å². The topological polar surface area (TPSA) is 12.0 Å². The first-order valence-electron chi connectivity index (χ1n) is 5.13. The fourth-order valence-corrected chi connectivity index (χ4v) is 2.95. The van der Waals surface area contributed by atoms with Crippen molar-refractivity contribution in [3.63, 3.8) is 0 Å². The minimum absolute atomic E-state index is 0.120. The van der Waals surface area contributed by atoms with E-state index in [1.165, 1.54) is 11.3 Å². The van der Waals surface area contributed by atoms with Crippen LogP contribution in [0.4, 0.5) is 18.9 Å². The molecule has 2 aromatic rings. The zero-order chi connectivity index (χ0) is 13.3. The molecule has 0 saturated heterocycles. The van der Waals surface area contributed by atoms with Crippen LogP contribution in [0.1, 0.15) is 17.8 Å². The highest BCUT2D eigenvalue weighted by atomic mass is 79.9. The van der Waals surface area contributed by atoms with E-state index in [9.17, 15) is 13.2 Å². The van der Waals surface area contributed by atoms with Gasteiger partial charge in [0, 0.05) is 22.7 Å². The SMILES string of the molecule is CC(Nc1cc(F)c(F)c(F)c1)c1ccc(Br)s1. The van der Waals surface area contributed by atoms with Crippen molar-refractivity contribution < 1.29 is 13.2 Å². The third-order valence-corrected chi connectivity index (χ3v) is 4.19. The van der Waals surface area contributed by atoms with Crippen LogP contribution in [0.5, 0.6) is 0 Å². The fourth-order valence-electron chi connectivity index (χ4n) is 1.52. The van der Waals surface area contributed by atoms with E-state index in [-0.39, 0.29) is 11.7 Å². The molecule has 1 unspecified atom stereocenters. The minimum Gasteiger partial charge on any atom is -0.378 e. The first kappa shape index (κ1) is 13.4. The van der Waals surface area contributed by atoms with Crippen molar-refractivity contribution >= 4 is 33.0 Å². The molecule has 1 nitrogen and oxygen atoms in total. The Kier molecular flexibility index (Phi) is 3.97. The molecule has 0 aliphatic heterocycles. The molecule has 1 heterocycles. The van der Waals surface area contributed by atoms with Crippen LogP contribution in [-0.4, -0.2) is 0 Å². The fraction of sp³-hybridized carbons (Fsp3) is 0.167. The van der Waals surface area contributed by atoms with Gasteiger partial charge in [0.1, 0.15) is 0 Å². The molecule has 1 aromatic carbocycles. The summed E-state index contributed by atoms with van der Waals surface area (Å²) in [6.07, 6.45) is 0. The van der Waals surface area contributed by atoms with Gasteiger partial charge in [-0.2, -0.15) is 0 Å². The van der Waals surface area contributed by atoms with Gasteiger partial charge in [-0.3, -0.25) is 0 Å². The first-order chi connectivity index (χ1) is 8.47. The van der Waals surface area contributed by atoms with Gasteiger partial charge < -0.3 is 5.32 Å². The summed E-state index contributed by atoms with van der Waals surface area (Å²) in [5, 5.41) is 2.92. The molecule has 0 bridgehead atoms. The highest BCUT2D eigenvalue weighted by molar-refractivity contribution is 9.11. The van der Waals surface area contributed by atoms with E-state index in [4.69, 9.17) is 0 Å². The molecular formula is C12H9BrF3NS. The van der Waals surface area contributed by atoms with Crippen molar-refractivity contribution in [3.05, 3.63) is 50.4 Å². The van der Waals surface area contributed by atoms with Gasteiger partial charge in [0.2, 0.25) is 0 Å². The summed E-state index contributed by atoms with van der Waals surface area (Å²) in [7, 11) is 0. The molecule has 0 saturated carbocycles. The van der Waals surface area contributed by atoms with Gasteiger partial charge in [0.25, 0.3) is 0 Å². The zero-order valence-corrected chi connectivity index (χ0v) is 11.7. The van der Waals surface area contributed by atoms with E-state index in [0.29, 0.717) is 0 Å². The molecule has 1 atom stereocenters. The minimum atomic E-state index is -1.45. The van der Waals surface area contributed by atoms with Crippen LogP contribution in [0.3, 0.4) is 0 Å².